The number of hydrogen-bond donors (Lipinski definition) is 1. The summed E-state index contributed by atoms with van der Waals surface area (Å²) in [6.45, 7) is 6.18. The zero-order chi connectivity index (χ0) is 15.2. The molecule has 1 heterocycles. The summed E-state index contributed by atoms with van der Waals surface area (Å²) >= 11 is 0. The monoisotopic (exact) mass is 294 g/mol. The molecule has 0 aromatic heterocycles. The topological polar surface area (TPSA) is 73.6 Å². The highest BCUT2D eigenvalue weighted by molar-refractivity contribution is 5.56. The van der Waals surface area contributed by atoms with Crippen LogP contribution in [0.3, 0.4) is 0 Å². The zero-order valence-corrected chi connectivity index (χ0v) is 12.5. The van der Waals surface area contributed by atoms with E-state index in [-0.39, 0.29) is 11.8 Å². The summed E-state index contributed by atoms with van der Waals surface area (Å²) in [6.07, 6.45) is 2.03. The molecule has 0 radical (unpaired) electrons. The highest BCUT2D eigenvalue weighted by Crippen LogP contribution is 2.27. The number of nitro groups is 1. The van der Waals surface area contributed by atoms with Crippen LogP contribution >= 0.6 is 0 Å². The highest BCUT2D eigenvalue weighted by Gasteiger charge is 2.15. The van der Waals surface area contributed by atoms with Gasteiger partial charge in [-0.25, -0.2) is 0 Å². The Morgan fingerprint density at radius 2 is 2.10 bits per heavy atom. The molecule has 6 heteroatoms. The number of nitro benzene ring substituents is 1. The van der Waals surface area contributed by atoms with Crippen molar-refractivity contribution in [1.82, 2.24) is 0 Å². The summed E-state index contributed by atoms with van der Waals surface area (Å²) in [5, 5.41) is 14.3. The first kappa shape index (κ1) is 15.6. The summed E-state index contributed by atoms with van der Waals surface area (Å²) in [5.41, 5.74) is 0.772. The molecule has 0 unspecified atom stereocenters. The number of hydrogen-bond acceptors (Lipinski definition) is 5. The summed E-state index contributed by atoms with van der Waals surface area (Å²) < 4.78 is 10.9. The van der Waals surface area contributed by atoms with E-state index in [1.165, 1.54) is 6.07 Å². The number of benzene rings is 1. The Balaban J connectivity index is 2.05. The van der Waals surface area contributed by atoms with E-state index < -0.39 is 4.92 Å². The Labute approximate surface area is 124 Å². The second-order valence-corrected chi connectivity index (χ2v) is 5.58. The first-order valence-electron chi connectivity index (χ1n) is 7.32. The number of anilines is 1. The molecular formula is C15H22N2O4. The lowest BCUT2D eigenvalue weighted by Crippen LogP contribution is -2.22. The lowest BCUT2D eigenvalue weighted by atomic mass is 10.0. The fourth-order valence-electron chi connectivity index (χ4n) is 2.34. The van der Waals surface area contributed by atoms with Crippen LogP contribution in [0.5, 0.6) is 5.75 Å². The molecule has 2 rings (SSSR count). The summed E-state index contributed by atoms with van der Waals surface area (Å²) in [6, 6.07) is 4.82. The molecule has 0 saturated carbocycles. The van der Waals surface area contributed by atoms with Crippen LogP contribution < -0.4 is 10.1 Å². The quantitative estimate of drug-likeness (QED) is 0.644. The Bertz CT molecular complexity index is 485. The van der Waals surface area contributed by atoms with Crippen LogP contribution in [0.4, 0.5) is 11.4 Å². The van der Waals surface area contributed by atoms with Crippen molar-refractivity contribution < 1.29 is 14.4 Å². The van der Waals surface area contributed by atoms with Gasteiger partial charge in [0.25, 0.3) is 5.69 Å². The van der Waals surface area contributed by atoms with E-state index in [0.717, 1.165) is 38.3 Å². The van der Waals surface area contributed by atoms with E-state index >= 15 is 0 Å². The minimum absolute atomic E-state index is 0.0182. The first-order chi connectivity index (χ1) is 10.0. The van der Waals surface area contributed by atoms with E-state index in [4.69, 9.17) is 9.47 Å². The smallest absolute Gasteiger partial charge is 0.275 e. The predicted octanol–water partition coefficient (Wildman–Crippen LogP) is 3.22. The maximum absolute atomic E-state index is 11.0. The van der Waals surface area contributed by atoms with Crippen LogP contribution in [0.1, 0.15) is 26.7 Å². The van der Waals surface area contributed by atoms with Crippen LogP contribution in [0.25, 0.3) is 0 Å². The van der Waals surface area contributed by atoms with Gasteiger partial charge in [0.2, 0.25) is 0 Å². The molecule has 0 amide bonds. The van der Waals surface area contributed by atoms with Gasteiger partial charge < -0.3 is 14.8 Å². The van der Waals surface area contributed by atoms with Crippen molar-refractivity contribution in [2.75, 3.05) is 25.1 Å². The van der Waals surface area contributed by atoms with E-state index in [0.29, 0.717) is 11.7 Å². The minimum Gasteiger partial charge on any atom is -0.491 e. The van der Waals surface area contributed by atoms with Crippen LogP contribution in [-0.4, -0.2) is 30.8 Å². The lowest BCUT2D eigenvalue weighted by Gasteiger charge is -2.22. The van der Waals surface area contributed by atoms with Crippen LogP contribution in [0.15, 0.2) is 18.2 Å². The number of rotatable bonds is 6. The SMILES string of the molecule is CC(C)Oc1cc(NCC2CCOCC2)cc([N+](=O)[O-])c1. The number of nitrogens with one attached hydrogen (secondary N) is 1. The Hall–Kier alpha value is -1.82. The van der Waals surface area contributed by atoms with E-state index in [9.17, 15) is 10.1 Å². The normalized spacial score (nSPS) is 16.0. The average molecular weight is 294 g/mol. The second kappa shape index (κ2) is 7.26. The fraction of sp³-hybridized carbons (Fsp3) is 0.600. The molecule has 1 aliphatic heterocycles. The molecule has 0 atom stereocenters. The van der Waals surface area contributed by atoms with Crippen molar-refractivity contribution in [3.05, 3.63) is 28.3 Å². The lowest BCUT2D eigenvalue weighted by molar-refractivity contribution is -0.384. The van der Waals surface area contributed by atoms with Gasteiger partial charge in [0.15, 0.2) is 0 Å². The van der Waals surface area contributed by atoms with Crippen LogP contribution in [0.2, 0.25) is 0 Å². The van der Waals surface area contributed by atoms with Gasteiger partial charge >= 0.3 is 0 Å². The van der Waals surface area contributed by atoms with Crippen LogP contribution in [-0.2, 0) is 4.74 Å². The molecular weight excluding hydrogens is 272 g/mol. The van der Waals surface area contributed by atoms with E-state index in [1.54, 1.807) is 6.07 Å². The van der Waals surface area contributed by atoms with Crippen molar-refractivity contribution >= 4 is 11.4 Å². The molecule has 1 aromatic rings. The van der Waals surface area contributed by atoms with E-state index in [1.807, 2.05) is 19.9 Å². The van der Waals surface area contributed by atoms with Gasteiger partial charge in [0.05, 0.1) is 17.1 Å². The van der Waals surface area contributed by atoms with Crippen molar-refractivity contribution in [3.63, 3.8) is 0 Å². The van der Waals surface area contributed by atoms with Crippen molar-refractivity contribution in [2.24, 2.45) is 5.92 Å². The predicted molar refractivity (Wildman–Crippen MR) is 80.9 cm³/mol. The second-order valence-electron chi connectivity index (χ2n) is 5.58. The molecule has 0 aliphatic carbocycles. The largest absolute Gasteiger partial charge is 0.491 e. The number of ether oxygens (including phenoxy) is 2. The molecule has 6 nitrogen and oxygen atoms in total. The van der Waals surface area contributed by atoms with Gasteiger partial charge in [-0.05, 0) is 32.6 Å². The molecule has 116 valence electrons. The van der Waals surface area contributed by atoms with E-state index in [2.05, 4.69) is 5.32 Å². The molecule has 0 bridgehead atoms. The van der Waals surface area contributed by atoms with Gasteiger partial charge in [-0.1, -0.05) is 0 Å². The molecule has 0 spiro atoms. The summed E-state index contributed by atoms with van der Waals surface area (Å²) in [5.74, 6) is 1.07. The van der Waals surface area contributed by atoms with Gasteiger partial charge in [0.1, 0.15) is 5.75 Å². The van der Waals surface area contributed by atoms with Crippen molar-refractivity contribution in [1.29, 1.82) is 0 Å². The molecule has 1 aromatic carbocycles. The van der Waals surface area contributed by atoms with Gasteiger partial charge in [-0.3, -0.25) is 10.1 Å². The Morgan fingerprint density at radius 1 is 1.38 bits per heavy atom. The maximum Gasteiger partial charge on any atom is 0.275 e. The Kier molecular flexibility index (Phi) is 5.38. The highest BCUT2D eigenvalue weighted by atomic mass is 16.6. The third kappa shape index (κ3) is 4.90. The third-order valence-electron chi connectivity index (χ3n) is 3.41. The van der Waals surface area contributed by atoms with Gasteiger partial charge in [0, 0.05) is 37.6 Å². The zero-order valence-electron chi connectivity index (χ0n) is 12.5. The van der Waals surface area contributed by atoms with Crippen molar-refractivity contribution in [3.8, 4) is 5.75 Å². The third-order valence-corrected chi connectivity index (χ3v) is 3.41. The molecule has 1 N–H and O–H groups in total. The molecule has 1 saturated heterocycles. The summed E-state index contributed by atoms with van der Waals surface area (Å²) in [4.78, 5) is 10.6. The van der Waals surface area contributed by atoms with Gasteiger partial charge in [-0.15, -0.1) is 0 Å². The Morgan fingerprint density at radius 3 is 2.71 bits per heavy atom. The van der Waals surface area contributed by atoms with Crippen molar-refractivity contribution in [2.45, 2.75) is 32.8 Å². The number of non-ortho nitro benzene ring substituents is 1. The maximum atomic E-state index is 11.0. The van der Waals surface area contributed by atoms with Gasteiger partial charge in [-0.2, -0.15) is 0 Å². The average Bonchev–Trinajstić information content (AvgIpc) is 2.45. The molecule has 1 aliphatic rings. The molecule has 1 fully saturated rings. The molecule has 21 heavy (non-hydrogen) atoms. The first-order valence-corrected chi connectivity index (χ1v) is 7.32. The minimum atomic E-state index is -0.396. The van der Waals surface area contributed by atoms with Crippen LogP contribution in [0, 0.1) is 16.0 Å². The summed E-state index contributed by atoms with van der Waals surface area (Å²) in [7, 11) is 0. The standard InChI is InChI=1S/C15H22N2O4/c1-11(2)21-15-8-13(7-14(9-15)17(18)19)16-10-12-3-5-20-6-4-12/h7-9,11-12,16H,3-6,10H2,1-2H3. The fourth-order valence-corrected chi connectivity index (χ4v) is 2.34. The number of nitrogens with zero attached hydrogens (tertiary/aromatic N) is 1.